The van der Waals surface area contributed by atoms with Crippen LogP contribution < -0.4 is 19.8 Å². The molecule has 2 N–H and O–H groups in total. The van der Waals surface area contributed by atoms with Gasteiger partial charge in [0.05, 0.1) is 27.5 Å². The molecule has 4 aromatic carbocycles. The van der Waals surface area contributed by atoms with Gasteiger partial charge in [-0.2, -0.15) is 5.10 Å². The molecule has 4 aromatic rings. The number of anilines is 2. The Kier molecular flexibility index (Phi) is 10.0. The number of nitro benzene ring substituents is 1. The quantitative estimate of drug-likeness (QED) is 0.133. The number of para-hydroxylation sites is 3. The summed E-state index contributed by atoms with van der Waals surface area (Å²) in [5.74, 6) is -0.768. The predicted octanol–water partition coefficient (Wildman–Crippen LogP) is 4.61. The third-order valence-corrected chi connectivity index (χ3v) is 7.91. The first-order valence-corrected chi connectivity index (χ1v) is 14.4. The van der Waals surface area contributed by atoms with Gasteiger partial charge in [0, 0.05) is 6.07 Å². The van der Waals surface area contributed by atoms with Crippen molar-refractivity contribution in [3.63, 3.8) is 0 Å². The summed E-state index contributed by atoms with van der Waals surface area (Å²) in [5, 5.41) is 18.4. The molecular formula is C29H24ClN5O7S. The number of carbonyl (C=O) groups is 2. The van der Waals surface area contributed by atoms with Gasteiger partial charge in [0.2, 0.25) is 0 Å². The average Bonchev–Trinajstić information content (AvgIpc) is 3.01. The minimum atomic E-state index is -4.51. The topological polar surface area (TPSA) is 160 Å². The van der Waals surface area contributed by atoms with Crippen molar-refractivity contribution >= 4 is 56.7 Å². The zero-order chi connectivity index (χ0) is 30.8. The number of halogens is 1. The molecule has 0 unspecified atom stereocenters. The summed E-state index contributed by atoms with van der Waals surface area (Å²) < 4.78 is 33.2. The molecule has 0 aromatic heterocycles. The Bertz CT molecular complexity index is 1750. The van der Waals surface area contributed by atoms with E-state index >= 15 is 0 Å². The van der Waals surface area contributed by atoms with Crippen LogP contribution in [0, 0.1) is 10.1 Å². The molecule has 220 valence electrons. The molecule has 0 aliphatic heterocycles. The predicted molar refractivity (Wildman–Crippen MR) is 162 cm³/mol. The molecule has 0 atom stereocenters. The second-order valence-corrected chi connectivity index (χ2v) is 11.0. The van der Waals surface area contributed by atoms with Gasteiger partial charge in [-0.1, -0.05) is 54.1 Å². The van der Waals surface area contributed by atoms with Gasteiger partial charge in [0.25, 0.3) is 27.5 Å². The lowest BCUT2D eigenvalue weighted by Gasteiger charge is -2.23. The number of hydrazone groups is 1. The Morgan fingerprint density at radius 2 is 1.56 bits per heavy atom. The van der Waals surface area contributed by atoms with Crippen molar-refractivity contribution in [1.29, 1.82) is 0 Å². The van der Waals surface area contributed by atoms with E-state index in [-0.39, 0.29) is 12.3 Å². The van der Waals surface area contributed by atoms with E-state index in [0.717, 1.165) is 16.4 Å². The molecule has 4 rings (SSSR count). The van der Waals surface area contributed by atoms with Crippen molar-refractivity contribution in [1.82, 2.24) is 5.43 Å². The third kappa shape index (κ3) is 8.15. The number of ether oxygens (including phenoxy) is 1. The van der Waals surface area contributed by atoms with Crippen LogP contribution >= 0.6 is 11.6 Å². The van der Waals surface area contributed by atoms with Gasteiger partial charge in [0.1, 0.15) is 12.3 Å². The number of benzene rings is 4. The third-order valence-electron chi connectivity index (χ3n) is 5.76. The van der Waals surface area contributed by atoms with Crippen LogP contribution in [0.25, 0.3) is 0 Å². The van der Waals surface area contributed by atoms with E-state index in [2.05, 4.69) is 15.8 Å². The van der Waals surface area contributed by atoms with Gasteiger partial charge >= 0.3 is 0 Å². The lowest BCUT2D eigenvalue weighted by atomic mass is 10.2. The first-order valence-electron chi connectivity index (χ1n) is 12.6. The van der Waals surface area contributed by atoms with E-state index in [1.807, 2.05) is 0 Å². The van der Waals surface area contributed by atoms with E-state index in [4.69, 9.17) is 16.3 Å². The number of nitrogens with one attached hydrogen (secondary N) is 2. The summed E-state index contributed by atoms with van der Waals surface area (Å²) in [6.07, 6.45) is 1.33. The number of rotatable bonds is 12. The monoisotopic (exact) mass is 621 g/mol. The summed E-state index contributed by atoms with van der Waals surface area (Å²) in [6.45, 7) is -0.944. The zero-order valence-corrected chi connectivity index (χ0v) is 23.9. The Labute approximate surface area is 251 Å². The molecule has 0 saturated heterocycles. The van der Waals surface area contributed by atoms with Crippen LogP contribution in [-0.4, -0.2) is 44.5 Å². The molecule has 0 aliphatic carbocycles. The van der Waals surface area contributed by atoms with Gasteiger partial charge in [-0.3, -0.25) is 24.0 Å². The lowest BCUT2D eigenvalue weighted by Crippen LogP contribution is -2.39. The number of sulfonamides is 1. The summed E-state index contributed by atoms with van der Waals surface area (Å²) in [7, 11) is -4.51. The Hall–Kier alpha value is -5.27. The van der Waals surface area contributed by atoms with Crippen LogP contribution in [0.2, 0.25) is 5.02 Å². The molecule has 12 nitrogen and oxygen atoms in total. The maximum atomic E-state index is 13.5. The van der Waals surface area contributed by atoms with Gasteiger partial charge in [-0.15, -0.1) is 0 Å². The van der Waals surface area contributed by atoms with Crippen molar-refractivity contribution in [2.75, 3.05) is 22.8 Å². The fourth-order valence-corrected chi connectivity index (χ4v) is 5.51. The Morgan fingerprint density at radius 1 is 0.907 bits per heavy atom. The number of hydrogen-bond donors (Lipinski definition) is 2. The first-order chi connectivity index (χ1) is 20.6. The summed E-state index contributed by atoms with van der Waals surface area (Å²) in [5.41, 5.74) is 2.83. The van der Waals surface area contributed by atoms with Gasteiger partial charge < -0.3 is 10.1 Å². The maximum absolute atomic E-state index is 13.5. The Balaban J connectivity index is 1.37. The largest absolute Gasteiger partial charge is 0.484 e. The number of nitro groups is 1. The fraction of sp³-hybridized carbons (Fsp3) is 0.0690. The minimum absolute atomic E-state index is 0.135. The summed E-state index contributed by atoms with van der Waals surface area (Å²) >= 11 is 6.03. The standard InChI is InChI=1S/C29H24ClN5O7S/c30-24-10-4-5-11-25(24)32-29(37)20-42-23-16-14-21(15-17-23)18-31-33-28(36)19-34(22-8-2-1-3-9-22)43(40,41)27-13-7-6-12-26(27)35(38)39/h1-18H,19-20H2,(H,32,37)(H,33,36)/b31-18+. The van der Waals surface area contributed by atoms with E-state index in [1.54, 1.807) is 66.7 Å². The van der Waals surface area contributed by atoms with Crippen LogP contribution in [0.1, 0.15) is 5.56 Å². The molecule has 0 saturated carbocycles. The number of amides is 2. The highest BCUT2D eigenvalue weighted by Gasteiger charge is 2.33. The molecular weight excluding hydrogens is 598 g/mol. The number of carbonyl (C=O) groups excluding carboxylic acids is 2. The fourth-order valence-electron chi connectivity index (χ4n) is 3.75. The number of hydrogen-bond acceptors (Lipinski definition) is 8. The SMILES string of the molecule is O=C(CN(c1ccccc1)S(=O)(=O)c1ccccc1[N+](=O)[O-])N/N=C/c1ccc(OCC(=O)Nc2ccccc2Cl)cc1. The van der Waals surface area contributed by atoms with Crippen LogP contribution in [0.4, 0.5) is 17.1 Å². The number of nitrogens with zero attached hydrogens (tertiary/aromatic N) is 3. The zero-order valence-electron chi connectivity index (χ0n) is 22.3. The minimum Gasteiger partial charge on any atom is -0.484 e. The van der Waals surface area contributed by atoms with E-state index < -0.39 is 43.9 Å². The van der Waals surface area contributed by atoms with Crippen LogP contribution in [0.15, 0.2) is 113 Å². The second-order valence-electron chi connectivity index (χ2n) is 8.75. The van der Waals surface area contributed by atoms with Crippen LogP contribution in [-0.2, 0) is 19.6 Å². The molecule has 0 fully saturated rings. The van der Waals surface area contributed by atoms with E-state index in [0.29, 0.717) is 22.0 Å². The molecule has 0 heterocycles. The maximum Gasteiger partial charge on any atom is 0.289 e. The highest BCUT2D eigenvalue weighted by molar-refractivity contribution is 7.93. The molecule has 0 aliphatic rings. The Morgan fingerprint density at radius 3 is 2.26 bits per heavy atom. The van der Waals surface area contributed by atoms with Gasteiger partial charge in [-0.05, 0) is 60.2 Å². The van der Waals surface area contributed by atoms with E-state index in [1.165, 1.54) is 30.5 Å². The first kappa shape index (κ1) is 30.7. The molecule has 0 radical (unpaired) electrons. The average molecular weight is 622 g/mol. The molecule has 2 amide bonds. The van der Waals surface area contributed by atoms with Crippen molar-refractivity contribution in [3.8, 4) is 5.75 Å². The highest BCUT2D eigenvalue weighted by atomic mass is 35.5. The van der Waals surface area contributed by atoms with Crippen molar-refractivity contribution in [2.24, 2.45) is 5.10 Å². The summed E-state index contributed by atoms with van der Waals surface area (Å²) in [4.78, 5) is 35.0. The molecule has 14 heteroatoms. The second kappa shape index (κ2) is 14.1. The molecule has 43 heavy (non-hydrogen) atoms. The van der Waals surface area contributed by atoms with Gasteiger partial charge in [-0.25, -0.2) is 13.8 Å². The van der Waals surface area contributed by atoms with Crippen molar-refractivity contribution in [2.45, 2.75) is 4.90 Å². The molecule has 0 spiro atoms. The van der Waals surface area contributed by atoms with Gasteiger partial charge in [0.15, 0.2) is 11.5 Å². The van der Waals surface area contributed by atoms with E-state index in [9.17, 15) is 28.1 Å². The molecule has 0 bridgehead atoms. The van der Waals surface area contributed by atoms with Crippen LogP contribution in [0.5, 0.6) is 5.75 Å². The highest BCUT2D eigenvalue weighted by Crippen LogP contribution is 2.29. The normalized spacial score (nSPS) is 11.1. The van der Waals surface area contributed by atoms with Crippen molar-refractivity contribution in [3.05, 3.63) is 124 Å². The van der Waals surface area contributed by atoms with Crippen LogP contribution in [0.3, 0.4) is 0 Å². The van der Waals surface area contributed by atoms with Crippen molar-refractivity contribution < 1.29 is 27.7 Å². The smallest absolute Gasteiger partial charge is 0.289 e. The lowest BCUT2D eigenvalue weighted by molar-refractivity contribution is -0.387. The summed E-state index contributed by atoms with van der Waals surface area (Å²) in [6, 6.07) is 25.9.